The molecule has 1 aromatic carbocycles. The molecule has 4 amide bonds. The number of hydrogen-bond acceptors (Lipinski definition) is 4. The first kappa shape index (κ1) is 27.2. The van der Waals surface area contributed by atoms with Crippen LogP contribution in [0.4, 0.5) is 4.79 Å². The van der Waals surface area contributed by atoms with Gasteiger partial charge < -0.3 is 15.1 Å². The number of hydrogen-bond donors (Lipinski definition) is 1. The normalized spacial score (nSPS) is 21.9. The summed E-state index contributed by atoms with van der Waals surface area (Å²) >= 11 is 0. The van der Waals surface area contributed by atoms with Crippen LogP contribution >= 0.6 is 0 Å². The second kappa shape index (κ2) is 10.7. The predicted octanol–water partition coefficient (Wildman–Crippen LogP) is 4.12. The zero-order valence-corrected chi connectivity index (χ0v) is 22.7. The van der Waals surface area contributed by atoms with Crippen molar-refractivity contribution in [2.24, 2.45) is 11.8 Å². The second-order valence-electron chi connectivity index (χ2n) is 12.0. The van der Waals surface area contributed by atoms with Gasteiger partial charge in [0.15, 0.2) is 0 Å². The van der Waals surface area contributed by atoms with Crippen LogP contribution in [0.2, 0.25) is 0 Å². The topological polar surface area (TPSA) is 73.0 Å². The zero-order chi connectivity index (χ0) is 26.0. The van der Waals surface area contributed by atoms with Crippen LogP contribution in [0.15, 0.2) is 24.3 Å². The number of carbonyl (C=O) groups is 3. The minimum atomic E-state index is -0.864. The van der Waals surface area contributed by atoms with E-state index in [1.54, 1.807) is 0 Å². The molecule has 1 unspecified atom stereocenters. The molecule has 1 atom stereocenters. The lowest BCUT2D eigenvalue weighted by Gasteiger charge is -2.41. The van der Waals surface area contributed by atoms with Gasteiger partial charge in [0.1, 0.15) is 5.54 Å². The van der Waals surface area contributed by atoms with Gasteiger partial charge in [0.2, 0.25) is 0 Å². The summed E-state index contributed by atoms with van der Waals surface area (Å²) in [5.74, 6) is 0.404. The minimum Gasteiger partial charge on any atom is -0.339 e. The fourth-order valence-corrected chi connectivity index (χ4v) is 5.19. The Kier molecular flexibility index (Phi) is 8.30. The van der Waals surface area contributed by atoms with Crippen molar-refractivity contribution in [3.05, 3.63) is 35.4 Å². The van der Waals surface area contributed by atoms with Crippen LogP contribution in [0, 0.1) is 11.8 Å². The fraction of sp³-hybridized carbons (Fsp3) is 0.679. The van der Waals surface area contributed by atoms with Gasteiger partial charge in [-0.2, -0.15) is 0 Å². The van der Waals surface area contributed by atoms with Crippen LogP contribution in [0.3, 0.4) is 0 Å². The van der Waals surface area contributed by atoms with Crippen molar-refractivity contribution in [1.29, 1.82) is 0 Å². The van der Waals surface area contributed by atoms with Crippen molar-refractivity contribution in [2.75, 3.05) is 40.3 Å². The van der Waals surface area contributed by atoms with Gasteiger partial charge in [0.25, 0.3) is 11.8 Å². The predicted molar refractivity (Wildman–Crippen MR) is 139 cm³/mol. The van der Waals surface area contributed by atoms with Gasteiger partial charge >= 0.3 is 6.03 Å². The number of urea groups is 1. The van der Waals surface area contributed by atoms with Crippen molar-refractivity contribution in [3.8, 4) is 0 Å². The van der Waals surface area contributed by atoms with Crippen LogP contribution in [0.1, 0.15) is 76.2 Å². The molecule has 3 rings (SSSR count). The third-order valence-corrected chi connectivity index (χ3v) is 7.57. The molecule has 2 aliphatic rings. The van der Waals surface area contributed by atoms with Gasteiger partial charge in [0.05, 0.1) is 0 Å². The third kappa shape index (κ3) is 6.05. The molecule has 0 bridgehead atoms. The molecule has 2 saturated heterocycles. The Morgan fingerprint density at radius 1 is 1.11 bits per heavy atom. The van der Waals surface area contributed by atoms with Crippen molar-refractivity contribution in [2.45, 2.75) is 71.3 Å². The van der Waals surface area contributed by atoms with E-state index in [2.05, 4.69) is 39.9 Å². The number of likely N-dealkylation sites (tertiary alicyclic amines) is 1. The van der Waals surface area contributed by atoms with E-state index in [-0.39, 0.29) is 29.2 Å². The number of benzene rings is 1. The lowest BCUT2D eigenvalue weighted by molar-refractivity contribution is -0.134. The van der Waals surface area contributed by atoms with Crippen LogP contribution in [-0.4, -0.2) is 78.4 Å². The summed E-state index contributed by atoms with van der Waals surface area (Å²) < 4.78 is 0. The maximum absolute atomic E-state index is 13.7. The number of piperidine rings is 1. The lowest BCUT2D eigenvalue weighted by Crippen LogP contribution is -2.56. The third-order valence-electron chi connectivity index (χ3n) is 7.57. The van der Waals surface area contributed by atoms with E-state index in [0.717, 1.165) is 6.42 Å². The van der Waals surface area contributed by atoms with Gasteiger partial charge in [-0.3, -0.25) is 14.5 Å². The Bertz CT molecular complexity index is 911. The molecular formula is C28H44N4O3. The van der Waals surface area contributed by atoms with Crippen LogP contribution in [-0.2, 0) is 10.2 Å². The van der Waals surface area contributed by atoms with Gasteiger partial charge in [-0.1, -0.05) is 46.8 Å². The maximum atomic E-state index is 13.7. The average Bonchev–Trinajstić information content (AvgIpc) is 3.05. The van der Waals surface area contributed by atoms with E-state index in [1.807, 2.05) is 48.2 Å². The second-order valence-corrected chi connectivity index (χ2v) is 12.0. The number of imide groups is 1. The molecule has 2 aliphatic heterocycles. The van der Waals surface area contributed by atoms with Crippen LogP contribution in [0.25, 0.3) is 0 Å². The number of rotatable bonds is 8. The largest absolute Gasteiger partial charge is 0.339 e. The molecule has 2 fully saturated rings. The van der Waals surface area contributed by atoms with E-state index < -0.39 is 5.54 Å². The van der Waals surface area contributed by atoms with E-state index in [1.165, 1.54) is 10.5 Å². The van der Waals surface area contributed by atoms with Crippen molar-refractivity contribution in [1.82, 2.24) is 20.0 Å². The summed E-state index contributed by atoms with van der Waals surface area (Å²) in [6.45, 7) is 13.0. The van der Waals surface area contributed by atoms with Crippen LogP contribution in [0.5, 0.6) is 0 Å². The van der Waals surface area contributed by atoms with Crippen molar-refractivity contribution >= 4 is 17.8 Å². The molecule has 0 aliphatic carbocycles. The summed E-state index contributed by atoms with van der Waals surface area (Å²) in [6, 6.07) is 7.63. The zero-order valence-electron chi connectivity index (χ0n) is 22.7. The smallest absolute Gasteiger partial charge is 0.325 e. The van der Waals surface area contributed by atoms with Gasteiger partial charge in [0, 0.05) is 31.7 Å². The van der Waals surface area contributed by atoms with E-state index in [4.69, 9.17) is 0 Å². The molecule has 35 heavy (non-hydrogen) atoms. The molecule has 7 nitrogen and oxygen atoms in total. The number of amides is 4. The molecule has 0 saturated carbocycles. The van der Waals surface area contributed by atoms with Crippen molar-refractivity contribution < 1.29 is 14.4 Å². The first-order chi connectivity index (χ1) is 16.3. The number of likely N-dealkylation sites (N-methyl/N-ethyl adjacent to an activating group) is 1. The van der Waals surface area contributed by atoms with Gasteiger partial charge in [-0.15, -0.1) is 0 Å². The monoisotopic (exact) mass is 484 g/mol. The van der Waals surface area contributed by atoms with E-state index in [0.29, 0.717) is 56.9 Å². The Morgan fingerprint density at radius 2 is 1.71 bits per heavy atom. The summed E-state index contributed by atoms with van der Waals surface area (Å²) in [5, 5.41) is 3.13. The standard InChI is InChI=1S/C28H44N4O3/c1-20(2)12-15-28(25(34)32(26(35)29-28)19-18-30(6)7)23-13-16-31(17-14-23)24(33)21-8-10-22(11-9-21)27(3,4)5/h8-11,20,23H,12-19H2,1-7H3,(H,29,35). The molecule has 0 aromatic heterocycles. The van der Waals surface area contributed by atoms with Gasteiger partial charge in [-0.25, -0.2) is 4.79 Å². The molecule has 1 N–H and O–H groups in total. The highest BCUT2D eigenvalue weighted by Crippen LogP contribution is 2.38. The number of carbonyl (C=O) groups excluding carboxylic acids is 3. The van der Waals surface area contributed by atoms with Gasteiger partial charge in [-0.05, 0) is 74.7 Å². The lowest BCUT2D eigenvalue weighted by atomic mass is 9.73. The molecule has 194 valence electrons. The highest BCUT2D eigenvalue weighted by Gasteiger charge is 2.55. The maximum Gasteiger partial charge on any atom is 0.325 e. The first-order valence-electron chi connectivity index (χ1n) is 13.0. The number of nitrogens with zero attached hydrogens (tertiary/aromatic N) is 3. The van der Waals surface area contributed by atoms with E-state index in [9.17, 15) is 14.4 Å². The number of nitrogens with one attached hydrogen (secondary N) is 1. The molecule has 1 aromatic rings. The fourth-order valence-electron chi connectivity index (χ4n) is 5.19. The molecule has 0 spiro atoms. The van der Waals surface area contributed by atoms with Crippen LogP contribution < -0.4 is 5.32 Å². The molecule has 2 heterocycles. The molecule has 0 radical (unpaired) electrons. The Hall–Kier alpha value is -2.41. The summed E-state index contributed by atoms with van der Waals surface area (Å²) in [7, 11) is 3.88. The Labute approximate surface area is 211 Å². The first-order valence-corrected chi connectivity index (χ1v) is 13.0. The Morgan fingerprint density at radius 3 is 2.23 bits per heavy atom. The molecular weight excluding hydrogens is 440 g/mol. The highest BCUT2D eigenvalue weighted by molar-refractivity contribution is 6.07. The minimum absolute atomic E-state index is 0.0226. The van der Waals surface area contributed by atoms with E-state index >= 15 is 0 Å². The summed E-state index contributed by atoms with van der Waals surface area (Å²) in [6.07, 6.45) is 2.92. The Balaban J connectivity index is 1.72. The SMILES string of the molecule is CC(C)CCC1(C2CCN(C(=O)c3ccc(C(C)(C)C)cc3)CC2)NC(=O)N(CCN(C)C)C1=O. The summed E-state index contributed by atoms with van der Waals surface area (Å²) in [5.41, 5.74) is 1.08. The highest BCUT2D eigenvalue weighted by atomic mass is 16.2. The quantitative estimate of drug-likeness (QED) is 0.563. The average molecular weight is 485 g/mol. The molecule has 7 heteroatoms. The van der Waals surface area contributed by atoms with Crippen molar-refractivity contribution in [3.63, 3.8) is 0 Å². The summed E-state index contributed by atoms with van der Waals surface area (Å²) in [4.78, 5) is 45.0.